The minimum absolute atomic E-state index is 0.102. The van der Waals surface area contributed by atoms with Gasteiger partial charge in [0, 0.05) is 5.56 Å². The highest BCUT2D eigenvalue weighted by Crippen LogP contribution is 2.10. The summed E-state index contributed by atoms with van der Waals surface area (Å²) >= 11 is 0. The number of aromatic amines is 1. The SMILES string of the molecule is O=C(NCc1ncn[nH]1)c1cc(F)ccc1C#CCO. The summed E-state index contributed by atoms with van der Waals surface area (Å²) in [6.45, 7) is -0.196. The molecule has 0 saturated heterocycles. The Morgan fingerprint density at radius 1 is 1.50 bits per heavy atom. The smallest absolute Gasteiger partial charge is 0.253 e. The minimum Gasteiger partial charge on any atom is -0.384 e. The van der Waals surface area contributed by atoms with Crippen LogP contribution in [0, 0.1) is 17.7 Å². The van der Waals surface area contributed by atoms with Crippen LogP contribution in [-0.2, 0) is 6.54 Å². The van der Waals surface area contributed by atoms with Crippen molar-refractivity contribution in [1.82, 2.24) is 20.5 Å². The van der Waals surface area contributed by atoms with Crippen molar-refractivity contribution in [2.45, 2.75) is 6.54 Å². The van der Waals surface area contributed by atoms with Crippen LogP contribution in [-0.4, -0.2) is 32.8 Å². The second kappa shape index (κ2) is 6.45. The quantitative estimate of drug-likeness (QED) is 0.698. The lowest BCUT2D eigenvalue weighted by Gasteiger charge is -2.05. The molecule has 6 nitrogen and oxygen atoms in total. The molecule has 0 aliphatic carbocycles. The van der Waals surface area contributed by atoms with Crippen LogP contribution < -0.4 is 5.32 Å². The number of carbonyl (C=O) groups excluding carboxylic acids is 1. The molecule has 102 valence electrons. The van der Waals surface area contributed by atoms with Gasteiger partial charge in [0.05, 0.1) is 12.1 Å². The number of H-pyrrole nitrogens is 1. The number of halogens is 1. The number of nitrogens with one attached hydrogen (secondary N) is 2. The third-order valence-electron chi connectivity index (χ3n) is 2.41. The van der Waals surface area contributed by atoms with E-state index in [0.29, 0.717) is 11.4 Å². The van der Waals surface area contributed by atoms with Gasteiger partial charge in [0.2, 0.25) is 0 Å². The Morgan fingerprint density at radius 2 is 2.35 bits per heavy atom. The van der Waals surface area contributed by atoms with Gasteiger partial charge in [0.25, 0.3) is 5.91 Å². The summed E-state index contributed by atoms with van der Waals surface area (Å²) in [5, 5.41) is 17.5. The van der Waals surface area contributed by atoms with Crippen molar-refractivity contribution in [3.63, 3.8) is 0 Å². The lowest BCUT2D eigenvalue weighted by Crippen LogP contribution is -2.24. The predicted molar refractivity (Wildman–Crippen MR) is 67.9 cm³/mol. The maximum Gasteiger partial charge on any atom is 0.253 e. The maximum absolute atomic E-state index is 13.2. The Hall–Kier alpha value is -2.72. The molecule has 0 aliphatic heterocycles. The van der Waals surface area contributed by atoms with Crippen LogP contribution in [0.25, 0.3) is 0 Å². The van der Waals surface area contributed by atoms with Gasteiger partial charge < -0.3 is 10.4 Å². The van der Waals surface area contributed by atoms with Crippen LogP contribution in [0.3, 0.4) is 0 Å². The molecule has 0 radical (unpaired) electrons. The van der Waals surface area contributed by atoms with Crippen LogP contribution in [0.2, 0.25) is 0 Å². The summed E-state index contributed by atoms with van der Waals surface area (Å²) in [6, 6.07) is 3.69. The van der Waals surface area contributed by atoms with E-state index in [1.165, 1.54) is 18.5 Å². The van der Waals surface area contributed by atoms with Crippen LogP contribution in [0.4, 0.5) is 4.39 Å². The van der Waals surface area contributed by atoms with E-state index >= 15 is 0 Å². The van der Waals surface area contributed by atoms with Crippen molar-refractivity contribution in [3.8, 4) is 11.8 Å². The van der Waals surface area contributed by atoms with Crippen molar-refractivity contribution in [3.05, 3.63) is 47.3 Å². The maximum atomic E-state index is 13.2. The van der Waals surface area contributed by atoms with Gasteiger partial charge >= 0.3 is 0 Å². The number of amides is 1. The first-order valence-corrected chi connectivity index (χ1v) is 5.72. The van der Waals surface area contributed by atoms with Gasteiger partial charge in [0.15, 0.2) is 0 Å². The highest BCUT2D eigenvalue weighted by molar-refractivity contribution is 5.96. The van der Waals surface area contributed by atoms with Crippen LogP contribution in [0.5, 0.6) is 0 Å². The molecule has 0 unspecified atom stereocenters. The van der Waals surface area contributed by atoms with Crippen LogP contribution in [0.1, 0.15) is 21.7 Å². The number of aliphatic hydroxyl groups is 1. The summed E-state index contributed by atoms with van der Waals surface area (Å²) in [4.78, 5) is 15.9. The average molecular weight is 274 g/mol. The number of carbonyl (C=O) groups is 1. The zero-order chi connectivity index (χ0) is 14.4. The average Bonchev–Trinajstić information content (AvgIpc) is 2.96. The van der Waals surface area contributed by atoms with Gasteiger partial charge in [-0.25, -0.2) is 9.37 Å². The molecule has 20 heavy (non-hydrogen) atoms. The number of rotatable bonds is 3. The topological polar surface area (TPSA) is 90.9 Å². The van der Waals surface area contributed by atoms with E-state index in [9.17, 15) is 9.18 Å². The van der Waals surface area contributed by atoms with Crippen molar-refractivity contribution < 1.29 is 14.3 Å². The minimum atomic E-state index is -0.538. The molecule has 1 aromatic carbocycles. The molecule has 0 fully saturated rings. The number of aliphatic hydroxyl groups excluding tert-OH is 1. The Labute approximate surface area is 114 Å². The van der Waals surface area contributed by atoms with E-state index in [2.05, 4.69) is 32.3 Å². The molecule has 1 heterocycles. The van der Waals surface area contributed by atoms with E-state index in [-0.39, 0.29) is 18.7 Å². The molecule has 0 bridgehead atoms. The first-order valence-electron chi connectivity index (χ1n) is 5.72. The van der Waals surface area contributed by atoms with Crippen molar-refractivity contribution in [1.29, 1.82) is 0 Å². The molecule has 7 heteroatoms. The lowest BCUT2D eigenvalue weighted by molar-refractivity contribution is 0.0949. The molecule has 0 aliphatic rings. The van der Waals surface area contributed by atoms with Gasteiger partial charge in [-0.15, -0.1) is 0 Å². The molecule has 3 N–H and O–H groups in total. The highest BCUT2D eigenvalue weighted by Gasteiger charge is 2.11. The summed E-state index contributed by atoms with van der Waals surface area (Å²) in [5.41, 5.74) is 0.445. The molecule has 1 aromatic heterocycles. The summed E-state index contributed by atoms with van der Waals surface area (Å²) in [7, 11) is 0. The second-order valence-corrected chi connectivity index (χ2v) is 3.76. The van der Waals surface area contributed by atoms with Crippen molar-refractivity contribution in [2.24, 2.45) is 0 Å². The Bertz CT molecular complexity index is 659. The fraction of sp³-hybridized carbons (Fsp3) is 0.154. The zero-order valence-corrected chi connectivity index (χ0v) is 10.4. The van der Waals surface area contributed by atoms with E-state index in [4.69, 9.17) is 5.11 Å². The van der Waals surface area contributed by atoms with Gasteiger partial charge in [-0.3, -0.25) is 9.89 Å². The largest absolute Gasteiger partial charge is 0.384 e. The summed E-state index contributed by atoms with van der Waals surface area (Å²) in [6.07, 6.45) is 1.32. The summed E-state index contributed by atoms with van der Waals surface area (Å²) in [5.74, 6) is 4.49. The molecule has 0 atom stereocenters. The van der Waals surface area contributed by atoms with Crippen molar-refractivity contribution >= 4 is 5.91 Å². The predicted octanol–water partition coefficient (Wildman–Crippen LogP) is 0.218. The van der Waals surface area contributed by atoms with E-state index in [0.717, 1.165) is 6.07 Å². The number of nitrogens with zero attached hydrogens (tertiary/aromatic N) is 2. The normalized spacial score (nSPS) is 9.70. The standard InChI is InChI=1S/C13H11FN4O2/c14-10-4-3-9(2-1-5-19)11(6-10)13(20)15-7-12-16-8-17-18-12/h3-4,6,8,19H,5,7H2,(H,15,20)(H,16,17,18). The highest BCUT2D eigenvalue weighted by atomic mass is 19.1. The monoisotopic (exact) mass is 274 g/mol. The fourth-order valence-electron chi connectivity index (χ4n) is 1.52. The van der Waals surface area contributed by atoms with E-state index in [1.54, 1.807) is 0 Å². The number of aromatic nitrogens is 3. The molecule has 0 saturated carbocycles. The zero-order valence-electron chi connectivity index (χ0n) is 10.4. The first-order chi connectivity index (χ1) is 9.70. The Kier molecular flexibility index (Phi) is 4.42. The third-order valence-corrected chi connectivity index (χ3v) is 2.41. The number of hydrogen-bond acceptors (Lipinski definition) is 4. The van der Waals surface area contributed by atoms with Gasteiger partial charge in [-0.05, 0) is 18.2 Å². The van der Waals surface area contributed by atoms with Gasteiger partial charge in [-0.1, -0.05) is 11.8 Å². The molecule has 1 amide bonds. The molecule has 2 aromatic rings. The molecule has 0 spiro atoms. The van der Waals surface area contributed by atoms with Crippen LogP contribution in [0.15, 0.2) is 24.5 Å². The third kappa shape index (κ3) is 3.40. The van der Waals surface area contributed by atoms with E-state index < -0.39 is 11.7 Å². The van der Waals surface area contributed by atoms with Crippen LogP contribution >= 0.6 is 0 Å². The fourth-order valence-corrected chi connectivity index (χ4v) is 1.52. The number of hydrogen-bond donors (Lipinski definition) is 3. The molecular formula is C13H11FN4O2. The Balaban J connectivity index is 2.17. The van der Waals surface area contributed by atoms with E-state index in [1.807, 2.05) is 0 Å². The lowest BCUT2D eigenvalue weighted by atomic mass is 10.1. The summed E-state index contributed by atoms with van der Waals surface area (Å²) < 4.78 is 13.2. The first kappa shape index (κ1) is 13.7. The molecular weight excluding hydrogens is 263 g/mol. The number of benzene rings is 1. The van der Waals surface area contributed by atoms with Crippen molar-refractivity contribution in [2.75, 3.05) is 6.61 Å². The van der Waals surface area contributed by atoms with Gasteiger partial charge in [0.1, 0.15) is 24.6 Å². The molecule has 2 rings (SSSR count). The van der Waals surface area contributed by atoms with Gasteiger partial charge in [-0.2, -0.15) is 5.10 Å². The Morgan fingerprint density at radius 3 is 3.05 bits per heavy atom. The second-order valence-electron chi connectivity index (χ2n) is 3.76.